The lowest BCUT2D eigenvalue weighted by Gasteiger charge is -2.17. The molecule has 3 rings (SSSR count). The van der Waals surface area contributed by atoms with Crippen molar-refractivity contribution in [3.05, 3.63) is 34.1 Å². The molecule has 0 aromatic carbocycles. The van der Waals surface area contributed by atoms with Crippen molar-refractivity contribution >= 4 is 38.8 Å². The van der Waals surface area contributed by atoms with E-state index in [-0.39, 0.29) is 10.8 Å². The van der Waals surface area contributed by atoms with E-state index in [1.807, 2.05) is 13.0 Å². The van der Waals surface area contributed by atoms with Gasteiger partial charge in [0.05, 0.1) is 10.9 Å². The summed E-state index contributed by atoms with van der Waals surface area (Å²) in [5, 5.41) is 0. The van der Waals surface area contributed by atoms with Gasteiger partial charge in [-0.25, -0.2) is 23.1 Å². The molecule has 0 bridgehead atoms. The number of sulfonamides is 1. The maximum absolute atomic E-state index is 12.2. The fourth-order valence-electron chi connectivity index (χ4n) is 2.47. The summed E-state index contributed by atoms with van der Waals surface area (Å²) in [6.07, 6.45) is 2.31. The lowest BCUT2D eigenvalue weighted by Crippen LogP contribution is -2.25. The fourth-order valence-corrected chi connectivity index (χ4v) is 4.98. The summed E-state index contributed by atoms with van der Waals surface area (Å²) >= 11 is 6.82. The Morgan fingerprint density at radius 2 is 2.04 bits per heavy atom. The van der Waals surface area contributed by atoms with Crippen LogP contribution in [0.5, 0.6) is 0 Å². The molecule has 0 atom stereocenters. The molecule has 2 aromatic rings. The minimum Gasteiger partial charge on any atom is -0.357 e. The largest absolute Gasteiger partial charge is 0.357 e. The Bertz CT molecular complexity index is 801. The highest BCUT2D eigenvalue weighted by Crippen LogP contribution is 2.25. The molecule has 0 saturated carbocycles. The van der Waals surface area contributed by atoms with Crippen LogP contribution in [0, 0.1) is 6.92 Å². The third kappa shape index (κ3) is 4.00. The minimum absolute atomic E-state index is 0.0559. The molecule has 0 aliphatic carbocycles. The van der Waals surface area contributed by atoms with E-state index in [9.17, 15) is 8.42 Å². The van der Waals surface area contributed by atoms with Crippen LogP contribution in [0.4, 0.5) is 5.82 Å². The molecule has 1 saturated heterocycles. The van der Waals surface area contributed by atoms with Crippen LogP contribution < -0.4 is 9.62 Å². The molecule has 1 aliphatic heterocycles. The van der Waals surface area contributed by atoms with Crippen molar-refractivity contribution < 1.29 is 8.42 Å². The lowest BCUT2D eigenvalue weighted by atomic mass is 10.4. The summed E-state index contributed by atoms with van der Waals surface area (Å²) < 4.78 is 27.6. The molecule has 0 radical (unpaired) electrons. The van der Waals surface area contributed by atoms with Crippen LogP contribution in [0.1, 0.15) is 24.4 Å². The number of thiophene rings is 1. The average Bonchev–Trinajstić information content (AvgIpc) is 3.16. The SMILES string of the molecule is Cc1cc(N2CCCC2)nc(CNS(=O)(=O)c2ccc(Cl)s2)n1. The van der Waals surface area contributed by atoms with Gasteiger partial charge in [-0.3, -0.25) is 0 Å². The first-order valence-electron chi connectivity index (χ1n) is 7.28. The monoisotopic (exact) mass is 372 g/mol. The maximum atomic E-state index is 12.2. The summed E-state index contributed by atoms with van der Waals surface area (Å²) in [6, 6.07) is 4.99. The molecule has 2 aromatic heterocycles. The first kappa shape index (κ1) is 16.6. The summed E-state index contributed by atoms with van der Waals surface area (Å²) in [4.78, 5) is 11.0. The number of nitrogens with one attached hydrogen (secondary N) is 1. The van der Waals surface area contributed by atoms with Gasteiger partial charge in [-0.05, 0) is 31.9 Å². The number of anilines is 1. The van der Waals surface area contributed by atoms with E-state index < -0.39 is 10.0 Å². The number of nitrogens with zero attached hydrogens (tertiary/aromatic N) is 3. The summed E-state index contributed by atoms with van der Waals surface area (Å²) in [7, 11) is -3.59. The standard InChI is InChI=1S/C14H17ClN4O2S2/c1-10-8-13(19-6-2-3-7-19)18-12(17-10)9-16-23(20,21)14-5-4-11(15)22-14/h4-5,8,16H,2-3,6-7,9H2,1H3. The average molecular weight is 373 g/mol. The van der Waals surface area contributed by atoms with E-state index in [1.165, 1.54) is 6.07 Å². The van der Waals surface area contributed by atoms with Crippen molar-refractivity contribution in [2.45, 2.75) is 30.5 Å². The van der Waals surface area contributed by atoms with Crippen molar-refractivity contribution in [1.29, 1.82) is 0 Å². The van der Waals surface area contributed by atoms with E-state index in [4.69, 9.17) is 11.6 Å². The summed E-state index contributed by atoms with van der Waals surface area (Å²) in [5.41, 5.74) is 0.829. The topological polar surface area (TPSA) is 75.2 Å². The van der Waals surface area contributed by atoms with Crippen molar-refractivity contribution in [1.82, 2.24) is 14.7 Å². The minimum atomic E-state index is -3.59. The molecule has 0 amide bonds. The predicted octanol–water partition coefficient (Wildman–Crippen LogP) is 2.58. The molecule has 0 unspecified atom stereocenters. The third-order valence-corrected chi connectivity index (χ3v) is 6.67. The van der Waals surface area contributed by atoms with Gasteiger partial charge in [0.1, 0.15) is 15.9 Å². The number of aryl methyl sites for hydroxylation is 1. The van der Waals surface area contributed by atoms with E-state index in [0.717, 1.165) is 48.8 Å². The number of rotatable bonds is 5. The van der Waals surface area contributed by atoms with Crippen molar-refractivity contribution in [3.8, 4) is 0 Å². The molecule has 9 heteroatoms. The Labute approximate surface area is 144 Å². The molecular formula is C14H17ClN4O2S2. The Kier molecular flexibility index (Phi) is 4.86. The van der Waals surface area contributed by atoms with Crippen LogP contribution in [-0.4, -0.2) is 31.5 Å². The van der Waals surface area contributed by atoms with E-state index >= 15 is 0 Å². The van der Waals surface area contributed by atoms with Crippen LogP contribution in [0.3, 0.4) is 0 Å². The van der Waals surface area contributed by atoms with Gasteiger partial charge >= 0.3 is 0 Å². The third-order valence-electron chi connectivity index (χ3n) is 3.55. The zero-order chi connectivity index (χ0) is 16.4. The number of hydrogen-bond donors (Lipinski definition) is 1. The van der Waals surface area contributed by atoms with Gasteiger partial charge in [0.25, 0.3) is 10.0 Å². The Morgan fingerprint density at radius 1 is 1.30 bits per heavy atom. The molecule has 3 heterocycles. The molecular weight excluding hydrogens is 356 g/mol. The van der Waals surface area contributed by atoms with Gasteiger partial charge < -0.3 is 4.90 Å². The fraction of sp³-hybridized carbons (Fsp3) is 0.429. The smallest absolute Gasteiger partial charge is 0.250 e. The van der Waals surface area contributed by atoms with Gasteiger partial charge in [0, 0.05) is 24.8 Å². The molecule has 6 nitrogen and oxygen atoms in total. The molecule has 124 valence electrons. The second-order valence-corrected chi connectivity index (χ2v) is 9.07. The Hall–Kier alpha value is -1.22. The first-order chi connectivity index (χ1) is 10.9. The summed E-state index contributed by atoms with van der Waals surface area (Å²) in [6.45, 7) is 3.91. The quantitative estimate of drug-likeness (QED) is 0.873. The number of aromatic nitrogens is 2. The summed E-state index contributed by atoms with van der Waals surface area (Å²) in [5.74, 6) is 1.33. The second kappa shape index (κ2) is 6.72. The highest BCUT2D eigenvalue weighted by atomic mass is 35.5. The Balaban J connectivity index is 1.75. The molecule has 23 heavy (non-hydrogen) atoms. The number of hydrogen-bond acceptors (Lipinski definition) is 6. The van der Waals surface area contributed by atoms with Crippen LogP contribution in [0.25, 0.3) is 0 Å². The normalized spacial score (nSPS) is 15.3. The van der Waals surface area contributed by atoms with Crippen molar-refractivity contribution in [3.63, 3.8) is 0 Å². The van der Waals surface area contributed by atoms with Gasteiger partial charge in [0.2, 0.25) is 0 Å². The van der Waals surface area contributed by atoms with E-state index in [0.29, 0.717) is 10.2 Å². The molecule has 1 N–H and O–H groups in total. The molecule has 0 spiro atoms. The predicted molar refractivity (Wildman–Crippen MR) is 91.6 cm³/mol. The zero-order valence-corrected chi connectivity index (χ0v) is 15.0. The maximum Gasteiger partial charge on any atom is 0.250 e. The van der Waals surface area contributed by atoms with Crippen molar-refractivity contribution in [2.75, 3.05) is 18.0 Å². The van der Waals surface area contributed by atoms with Crippen LogP contribution >= 0.6 is 22.9 Å². The Morgan fingerprint density at radius 3 is 2.70 bits per heavy atom. The highest BCUT2D eigenvalue weighted by Gasteiger charge is 2.18. The van der Waals surface area contributed by atoms with Gasteiger partial charge in [-0.15, -0.1) is 11.3 Å². The van der Waals surface area contributed by atoms with Crippen LogP contribution in [0.15, 0.2) is 22.4 Å². The van der Waals surface area contributed by atoms with Gasteiger partial charge in [-0.1, -0.05) is 11.6 Å². The van der Waals surface area contributed by atoms with Gasteiger partial charge in [-0.2, -0.15) is 0 Å². The molecule has 1 aliphatic rings. The number of halogens is 1. The zero-order valence-electron chi connectivity index (χ0n) is 12.6. The lowest BCUT2D eigenvalue weighted by molar-refractivity contribution is 0.581. The second-order valence-electron chi connectivity index (χ2n) is 5.36. The van der Waals surface area contributed by atoms with Crippen molar-refractivity contribution in [2.24, 2.45) is 0 Å². The highest BCUT2D eigenvalue weighted by molar-refractivity contribution is 7.91. The van der Waals surface area contributed by atoms with E-state index in [2.05, 4.69) is 19.6 Å². The van der Waals surface area contributed by atoms with Crippen LogP contribution in [-0.2, 0) is 16.6 Å². The van der Waals surface area contributed by atoms with Crippen LogP contribution in [0.2, 0.25) is 4.34 Å². The molecule has 1 fully saturated rings. The first-order valence-corrected chi connectivity index (χ1v) is 9.96. The van der Waals surface area contributed by atoms with E-state index in [1.54, 1.807) is 6.07 Å². The van der Waals surface area contributed by atoms with Gasteiger partial charge in [0.15, 0.2) is 0 Å².